The minimum atomic E-state index is -0.848. The predicted octanol–water partition coefficient (Wildman–Crippen LogP) is 2.61. The van der Waals surface area contributed by atoms with Gasteiger partial charge in [-0.1, -0.05) is 24.2 Å². The third-order valence-electron chi connectivity index (χ3n) is 1.96. The SMILES string of the molecule is N=C(OC(=O)S)c1c[nH]c2nccc(Cl)c12. The topological polar surface area (TPSA) is 78.8 Å². The smallest absolute Gasteiger partial charge is 0.370 e. The van der Waals surface area contributed by atoms with Gasteiger partial charge in [0.25, 0.3) is 0 Å². The molecule has 0 saturated heterocycles. The number of thiol groups is 1. The van der Waals surface area contributed by atoms with Crippen molar-refractivity contribution < 1.29 is 9.53 Å². The number of fused-ring (bicyclic) bond motifs is 1. The number of pyridine rings is 1. The van der Waals surface area contributed by atoms with Gasteiger partial charge in [-0.3, -0.25) is 5.41 Å². The van der Waals surface area contributed by atoms with Crippen molar-refractivity contribution in [3.8, 4) is 0 Å². The number of carbonyl (C=O) groups excluding carboxylic acids is 1. The van der Waals surface area contributed by atoms with Crippen LogP contribution in [0, 0.1) is 5.41 Å². The van der Waals surface area contributed by atoms with Crippen LogP contribution in [-0.2, 0) is 4.74 Å². The molecular weight excluding hydrogens is 250 g/mol. The molecule has 0 unspecified atom stereocenters. The van der Waals surface area contributed by atoms with Gasteiger partial charge in [-0.15, -0.1) is 0 Å². The lowest BCUT2D eigenvalue weighted by Crippen LogP contribution is -2.06. The van der Waals surface area contributed by atoms with Gasteiger partial charge in [0.05, 0.1) is 10.6 Å². The average molecular weight is 256 g/mol. The second kappa shape index (κ2) is 4.15. The predicted molar refractivity (Wildman–Crippen MR) is 63.4 cm³/mol. The Hall–Kier alpha value is -1.53. The molecule has 0 bridgehead atoms. The molecule has 7 heteroatoms. The van der Waals surface area contributed by atoms with Crippen LogP contribution in [0.4, 0.5) is 4.79 Å². The zero-order chi connectivity index (χ0) is 11.7. The molecule has 2 heterocycles. The Labute approximate surface area is 101 Å². The number of ether oxygens (including phenoxy) is 1. The first-order chi connectivity index (χ1) is 7.59. The molecule has 2 N–H and O–H groups in total. The summed E-state index contributed by atoms with van der Waals surface area (Å²) in [5.74, 6) is -0.318. The van der Waals surface area contributed by atoms with E-state index in [0.29, 0.717) is 21.6 Å². The molecule has 0 spiro atoms. The first kappa shape index (κ1) is 11.0. The van der Waals surface area contributed by atoms with Crippen molar-refractivity contribution in [3.05, 3.63) is 29.0 Å². The number of hydrogen-bond donors (Lipinski definition) is 3. The molecule has 0 radical (unpaired) electrons. The molecule has 82 valence electrons. The van der Waals surface area contributed by atoms with E-state index in [9.17, 15) is 4.79 Å². The Morgan fingerprint density at radius 1 is 1.62 bits per heavy atom. The standard InChI is InChI=1S/C9H6ClN3O2S/c10-5-1-2-12-8-6(5)4(3-13-8)7(11)15-9(14)16/h1-3,11H,(H,12,13)(H,14,16). The summed E-state index contributed by atoms with van der Waals surface area (Å²) in [5.41, 5.74) is 0.901. The summed E-state index contributed by atoms with van der Waals surface area (Å²) in [4.78, 5) is 17.5. The van der Waals surface area contributed by atoms with Crippen LogP contribution in [0.2, 0.25) is 5.02 Å². The van der Waals surface area contributed by atoms with Crippen molar-refractivity contribution in [2.45, 2.75) is 0 Å². The van der Waals surface area contributed by atoms with E-state index in [1.807, 2.05) is 0 Å². The first-order valence-corrected chi connectivity index (χ1v) is 5.03. The van der Waals surface area contributed by atoms with E-state index < -0.39 is 5.30 Å². The lowest BCUT2D eigenvalue weighted by molar-refractivity contribution is 0.225. The third kappa shape index (κ3) is 1.89. The number of H-pyrrole nitrogens is 1. The average Bonchev–Trinajstić information content (AvgIpc) is 2.61. The van der Waals surface area contributed by atoms with Crippen LogP contribution in [0.5, 0.6) is 0 Å². The monoisotopic (exact) mass is 255 g/mol. The van der Waals surface area contributed by atoms with Crippen molar-refractivity contribution >= 4 is 46.5 Å². The van der Waals surface area contributed by atoms with Crippen molar-refractivity contribution in [1.82, 2.24) is 9.97 Å². The molecule has 0 saturated carbocycles. The highest BCUT2D eigenvalue weighted by Gasteiger charge is 2.14. The van der Waals surface area contributed by atoms with Crippen LogP contribution < -0.4 is 0 Å². The lowest BCUT2D eigenvalue weighted by Gasteiger charge is -2.01. The second-order valence-corrected chi connectivity index (χ2v) is 3.69. The maximum absolute atomic E-state index is 10.6. The zero-order valence-electron chi connectivity index (χ0n) is 7.82. The van der Waals surface area contributed by atoms with Crippen molar-refractivity contribution in [1.29, 1.82) is 5.41 Å². The summed E-state index contributed by atoms with van der Waals surface area (Å²) < 4.78 is 4.56. The summed E-state index contributed by atoms with van der Waals surface area (Å²) in [6, 6.07) is 1.59. The lowest BCUT2D eigenvalue weighted by atomic mass is 10.2. The Morgan fingerprint density at radius 3 is 3.06 bits per heavy atom. The molecule has 2 aromatic heterocycles. The first-order valence-electron chi connectivity index (χ1n) is 4.21. The number of nitrogens with zero attached hydrogens (tertiary/aromatic N) is 1. The Bertz CT molecular complexity index is 581. The van der Waals surface area contributed by atoms with Gasteiger partial charge in [-0.25, -0.2) is 9.78 Å². The van der Waals surface area contributed by atoms with Gasteiger partial charge in [0, 0.05) is 17.8 Å². The van der Waals surface area contributed by atoms with Gasteiger partial charge in [-0.2, -0.15) is 0 Å². The van der Waals surface area contributed by atoms with Crippen molar-refractivity contribution in [2.24, 2.45) is 0 Å². The second-order valence-electron chi connectivity index (χ2n) is 2.92. The number of nitrogens with one attached hydrogen (secondary N) is 2. The van der Waals surface area contributed by atoms with E-state index >= 15 is 0 Å². The molecule has 5 nitrogen and oxygen atoms in total. The van der Waals surface area contributed by atoms with E-state index in [4.69, 9.17) is 17.0 Å². The van der Waals surface area contributed by atoms with Gasteiger partial charge in [0.2, 0.25) is 5.90 Å². The Morgan fingerprint density at radius 2 is 2.38 bits per heavy atom. The van der Waals surface area contributed by atoms with Gasteiger partial charge in [0.15, 0.2) is 0 Å². The molecule has 2 rings (SSSR count). The van der Waals surface area contributed by atoms with Crippen LogP contribution in [-0.4, -0.2) is 21.2 Å². The van der Waals surface area contributed by atoms with E-state index in [0.717, 1.165) is 0 Å². The van der Waals surface area contributed by atoms with E-state index in [1.54, 1.807) is 12.3 Å². The van der Waals surface area contributed by atoms with Crippen LogP contribution in [0.15, 0.2) is 18.5 Å². The number of carbonyl (C=O) groups is 1. The van der Waals surface area contributed by atoms with Gasteiger partial charge in [0.1, 0.15) is 5.65 Å². The molecule has 0 aliphatic heterocycles. The van der Waals surface area contributed by atoms with Crippen LogP contribution >= 0.6 is 24.2 Å². The Balaban J connectivity index is 2.53. The highest BCUT2D eigenvalue weighted by Crippen LogP contribution is 2.25. The summed E-state index contributed by atoms with van der Waals surface area (Å²) in [7, 11) is 0. The molecule has 0 aromatic carbocycles. The normalized spacial score (nSPS) is 10.4. The largest absolute Gasteiger partial charge is 0.399 e. The van der Waals surface area contributed by atoms with E-state index in [1.165, 1.54) is 6.20 Å². The van der Waals surface area contributed by atoms with Crippen molar-refractivity contribution in [2.75, 3.05) is 0 Å². The molecule has 0 aliphatic carbocycles. The minimum absolute atomic E-state index is 0.318. The van der Waals surface area contributed by atoms with Gasteiger partial charge in [-0.05, 0) is 6.07 Å². The molecular formula is C9H6ClN3O2S. The van der Waals surface area contributed by atoms with Crippen LogP contribution in [0.25, 0.3) is 11.0 Å². The van der Waals surface area contributed by atoms with E-state index in [2.05, 4.69) is 27.3 Å². The number of halogens is 1. The van der Waals surface area contributed by atoms with Crippen molar-refractivity contribution in [3.63, 3.8) is 0 Å². The van der Waals surface area contributed by atoms with Crippen LogP contribution in [0.1, 0.15) is 5.56 Å². The van der Waals surface area contributed by atoms with Gasteiger partial charge >= 0.3 is 5.30 Å². The number of aromatic nitrogens is 2. The summed E-state index contributed by atoms with van der Waals surface area (Å²) >= 11 is 9.40. The summed E-state index contributed by atoms with van der Waals surface area (Å²) in [6.45, 7) is 0. The third-order valence-corrected chi connectivity index (χ3v) is 2.36. The number of aromatic amines is 1. The van der Waals surface area contributed by atoms with Gasteiger partial charge < -0.3 is 9.72 Å². The molecule has 0 atom stereocenters. The summed E-state index contributed by atoms with van der Waals surface area (Å²) in [5, 5.41) is 7.69. The molecule has 0 fully saturated rings. The summed E-state index contributed by atoms with van der Waals surface area (Å²) in [6.07, 6.45) is 3.04. The van der Waals surface area contributed by atoms with Crippen LogP contribution in [0.3, 0.4) is 0 Å². The fraction of sp³-hybridized carbons (Fsp3) is 0. The fourth-order valence-corrected chi connectivity index (χ4v) is 1.68. The minimum Gasteiger partial charge on any atom is -0.399 e. The quantitative estimate of drug-likeness (QED) is 0.317. The number of rotatable bonds is 1. The highest BCUT2D eigenvalue weighted by atomic mass is 35.5. The highest BCUT2D eigenvalue weighted by molar-refractivity contribution is 7.96. The fourth-order valence-electron chi connectivity index (χ4n) is 1.34. The zero-order valence-corrected chi connectivity index (χ0v) is 9.47. The van der Waals surface area contributed by atoms with E-state index in [-0.39, 0.29) is 5.90 Å². The molecule has 0 amide bonds. The molecule has 16 heavy (non-hydrogen) atoms. The maximum atomic E-state index is 10.6. The number of hydrogen-bond acceptors (Lipinski definition) is 4. The Kier molecular flexibility index (Phi) is 2.84. The molecule has 2 aromatic rings. The maximum Gasteiger partial charge on any atom is 0.370 e. The molecule has 0 aliphatic rings.